The van der Waals surface area contributed by atoms with Crippen molar-refractivity contribution in [3.05, 3.63) is 70.3 Å². The molecule has 0 aliphatic carbocycles. The Bertz CT molecular complexity index is 1030. The maximum absolute atomic E-state index is 12.4. The van der Waals surface area contributed by atoms with Gasteiger partial charge in [-0.3, -0.25) is 14.0 Å². The molecule has 0 bridgehead atoms. The number of anilines is 1. The van der Waals surface area contributed by atoms with Crippen LogP contribution in [0.15, 0.2) is 53.3 Å². The number of methoxy groups -OCH3 is 1. The number of ether oxygens (including phenoxy) is 1. The van der Waals surface area contributed by atoms with Crippen molar-refractivity contribution in [1.82, 2.24) is 9.38 Å². The number of nitrogens with one attached hydrogen (secondary N) is 2. The molecule has 7 nitrogen and oxygen atoms in total. The van der Waals surface area contributed by atoms with E-state index in [9.17, 15) is 9.59 Å². The molecule has 2 aromatic heterocycles. The van der Waals surface area contributed by atoms with E-state index in [1.54, 1.807) is 41.8 Å². The molecule has 7 heteroatoms. The fourth-order valence-corrected chi connectivity index (χ4v) is 3.13. The minimum atomic E-state index is -0.101. The Morgan fingerprint density at radius 1 is 1.21 bits per heavy atom. The van der Waals surface area contributed by atoms with Crippen molar-refractivity contribution in [3.63, 3.8) is 0 Å². The van der Waals surface area contributed by atoms with Crippen molar-refractivity contribution in [2.45, 2.75) is 20.4 Å². The summed E-state index contributed by atoms with van der Waals surface area (Å²) in [7, 11) is 1.60. The van der Waals surface area contributed by atoms with Crippen LogP contribution in [0.1, 0.15) is 18.3 Å². The molecule has 3 aromatic rings. The third kappa shape index (κ3) is 4.55. The number of quaternary nitrogens is 1. The van der Waals surface area contributed by atoms with Gasteiger partial charge >= 0.3 is 0 Å². The largest absolute Gasteiger partial charge is 0.497 e. The van der Waals surface area contributed by atoms with Gasteiger partial charge in [-0.2, -0.15) is 0 Å². The van der Waals surface area contributed by atoms with Crippen LogP contribution < -0.4 is 20.5 Å². The van der Waals surface area contributed by atoms with Crippen LogP contribution in [0.5, 0.6) is 5.75 Å². The fourth-order valence-electron chi connectivity index (χ4n) is 3.13. The number of carbonyl (C=O) groups is 1. The molecule has 0 spiro atoms. The van der Waals surface area contributed by atoms with E-state index in [1.165, 1.54) is 0 Å². The van der Waals surface area contributed by atoms with Crippen molar-refractivity contribution in [2.24, 2.45) is 0 Å². The summed E-state index contributed by atoms with van der Waals surface area (Å²) < 4.78 is 6.71. The van der Waals surface area contributed by atoms with Crippen LogP contribution in [0.25, 0.3) is 5.65 Å². The number of nitrogens with zero attached hydrogens (tertiary/aromatic N) is 2. The Morgan fingerprint density at radius 3 is 2.64 bits per heavy atom. The molecule has 2 N–H and O–H groups in total. The molecule has 1 atom stereocenters. The second-order valence-electron chi connectivity index (χ2n) is 6.68. The SMILES string of the molecule is CC[NH+](CC(=O)Nc1ccc(OC)cc1)Cc1cc(=O)n2c(C)cccc2n1. The standard InChI is InChI=1S/C21H24N4O3/c1-4-24(14-20(26)23-16-8-10-18(28-3)11-9-16)13-17-12-21(27)25-15(2)6-5-7-19(25)22-17/h5-12H,4,13-14H2,1-3H3,(H,23,26)/p+1. The van der Waals surface area contributed by atoms with Crippen molar-refractivity contribution in [1.29, 1.82) is 0 Å². The van der Waals surface area contributed by atoms with Gasteiger partial charge in [-0.25, -0.2) is 4.98 Å². The Morgan fingerprint density at radius 2 is 1.96 bits per heavy atom. The van der Waals surface area contributed by atoms with E-state index >= 15 is 0 Å². The summed E-state index contributed by atoms with van der Waals surface area (Å²) in [5, 5.41) is 2.89. The lowest BCUT2D eigenvalue weighted by Gasteiger charge is -2.17. The smallest absolute Gasteiger partial charge is 0.279 e. The molecule has 0 fully saturated rings. The number of benzene rings is 1. The number of likely N-dealkylation sites (N-methyl/N-ethyl adjacent to an activating group) is 1. The number of hydrogen-bond acceptors (Lipinski definition) is 4. The van der Waals surface area contributed by atoms with Gasteiger partial charge in [0.05, 0.1) is 13.7 Å². The normalized spacial score (nSPS) is 12.0. The van der Waals surface area contributed by atoms with Gasteiger partial charge in [0.15, 0.2) is 6.54 Å². The summed E-state index contributed by atoms with van der Waals surface area (Å²) in [6.07, 6.45) is 0. The van der Waals surface area contributed by atoms with Gasteiger partial charge in [0.1, 0.15) is 23.6 Å². The first-order valence-electron chi connectivity index (χ1n) is 9.26. The predicted molar refractivity (Wildman–Crippen MR) is 108 cm³/mol. The lowest BCUT2D eigenvalue weighted by molar-refractivity contribution is -0.904. The third-order valence-corrected chi connectivity index (χ3v) is 4.65. The number of carbonyl (C=O) groups excluding carboxylic acids is 1. The molecule has 0 aliphatic heterocycles. The molecule has 1 amide bonds. The Kier molecular flexibility index (Phi) is 6.06. The van der Waals surface area contributed by atoms with E-state index in [0.717, 1.165) is 28.6 Å². The summed E-state index contributed by atoms with van der Waals surface area (Å²) >= 11 is 0. The van der Waals surface area contributed by atoms with E-state index in [-0.39, 0.29) is 18.0 Å². The van der Waals surface area contributed by atoms with Gasteiger partial charge in [0, 0.05) is 17.4 Å². The number of aromatic nitrogens is 2. The zero-order valence-electron chi connectivity index (χ0n) is 16.4. The van der Waals surface area contributed by atoms with E-state index in [2.05, 4.69) is 10.3 Å². The monoisotopic (exact) mass is 381 g/mol. The predicted octanol–water partition coefficient (Wildman–Crippen LogP) is 1.06. The quantitative estimate of drug-likeness (QED) is 0.642. The van der Waals surface area contributed by atoms with Gasteiger partial charge in [0.25, 0.3) is 11.5 Å². The van der Waals surface area contributed by atoms with Gasteiger partial charge in [-0.1, -0.05) is 6.07 Å². The minimum absolute atomic E-state index is 0.0876. The average molecular weight is 381 g/mol. The summed E-state index contributed by atoms with van der Waals surface area (Å²) in [5.74, 6) is 0.651. The molecular formula is C21H25N4O3+. The Labute approximate surface area is 163 Å². The number of pyridine rings is 1. The second-order valence-corrected chi connectivity index (χ2v) is 6.68. The highest BCUT2D eigenvalue weighted by molar-refractivity contribution is 5.91. The van der Waals surface area contributed by atoms with Gasteiger partial charge < -0.3 is 15.0 Å². The maximum Gasteiger partial charge on any atom is 0.279 e. The molecule has 0 saturated carbocycles. The summed E-state index contributed by atoms with van der Waals surface area (Å²) in [4.78, 5) is 30.4. The summed E-state index contributed by atoms with van der Waals surface area (Å²) in [5.41, 5.74) is 2.78. The van der Waals surface area contributed by atoms with E-state index in [0.29, 0.717) is 17.9 Å². The van der Waals surface area contributed by atoms with Crippen LogP contribution in [0.4, 0.5) is 5.69 Å². The van der Waals surface area contributed by atoms with E-state index in [1.807, 2.05) is 32.0 Å². The van der Waals surface area contributed by atoms with Gasteiger partial charge in [0.2, 0.25) is 0 Å². The molecule has 0 radical (unpaired) electrons. The summed E-state index contributed by atoms with van der Waals surface area (Å²) in [6.45, 7) is 5.42. The zero-order valence-corrected chi connectivity index (χ0v) is 16.4. The van der Waals surface area contributed by atoms with Crippen molar-refractivity contribution in [2.75, 3.05) is 25.5 Å². The topological polar surface area (TPSA) is 77.1 Å². The van der Waals surface area contributed by atoms with Crippen LogP contribution in [0.3, 0.4) is 0 Å². The number of amides is 1. The maximum atomic E-state index is 12.4. The lowest BCUT2D eigenvalue weighted by atomic mass is 10.3. The molecule has 0 aliphatic rings. The third-order valence-electron chi connectivity index (χ3n) is 4.65. The van der Waals surface area contributed by atoms with Gasteiger partial charge in [-0.05, 0) is 50.2 Å². The number of fused-ring (bicyclic) bond motifs is 1. The van der Waals surface area contributed by atoms with Gasteiger partial charge in [-0.15, -0.1) is 0 Å². The van der Waals surface area contributed by atoms with Crippen LogP contribution in [0.2, 0.25) is 0 Å². The van der Waals surface area contributed by atoms with Crippen molar-refractivity contribution < 1.29 is 14.4 Å². The average Bonchev–Trinajstić information content (AvgIpc) is 2.67. The molecule has 2 heterocycles. The molecule has 1 unspecified atom stereocenters. The first-order valence-corrected chi connectivity index (χ1v) is 9.26. The lowest BCUT2D eigenvalue weighted by Crippen LogP contribution is -3.11. The first-order chi connectivity index (χ1) is 13.5. The number of aryl methyl sites for hydroxylation is 1. The Hall–Kier alpha value is -3.19. The van der Waals surface area contributed by atoms with Crippen LogP contribution in [-0.4, -0.2) is 35.5 Å². The molecule has 146 valence electrons. The van der Waals surface area contributed by atoms with E-state index < -0.39 is 0 Å². The highest BCUT2D eigenvalue weighted by Gasteiger charge is 2.15. The summed E-state index contributed by atoms with van der Waals surface area (Å²) in [6, 6.07) is 14.3. The van der Waals surface area contributed by atoms with Crippen molar-refractivity contribution in [3.8, 4) is 5.75 Å². The fraction of sp³-hybridized carbons (Fsp3) is 0.286. The molecule has 28 heavy (non-hydrogen) atoms. The van der Waals surface area contributed by atoms with E-state index in [4.69, 9.17) is 4.74 Å². The molecule has 1 aromatic carbocycles. The molecular weight excluding hydrogens is 356 g/mol. The van der Waals surface area contributed by atoms with Crippen LogP contribution in [-0.2, 0) is 11.3 Å². The highest BCUT2D eigenvalue weighted by atomic mass is 16.5. The number of hydrogen-bond donors (Lipinski definition) is 2. The van der Waals surface area contributed by atoms with Crippen LogP contribution >= 0.6 is 0 Å². The zero-order chi connectivity index (χ0) is 20.1. The first kappa shape index (κ1) is 19.6. The molecule has 3 rings (SSSR count). The Balaban J connectivity index is 1.69. The number of rotatable bonds is 7. The van der Waals surface area contributed by atoms with Crippen molar-refractivity contribution >= 4 is 17.2 Å². The second kappa shape index (κ2) is 8.67. The highest BCUT2D eigenvalue weighted by Crippen LogP contribution is 2.14. The van der Waals surface area contributed by atoms with Crippen LogP contribution in [0, 0.1) is 6.92 Å². The minimum Gasteiger partial charge on any atom is -0.497 e. The molecule has 0 saturated heterocycles.